The summed E-state index contributed by atoms with van der Waals surface area (Å²) in [6.07, 6.45) is 6.77. The summed E-state index contributed by atoms with van der Waals surface area (Å²) in [7, 11) is 0. The predicted octanol–water partition coefficient (Wildman–Crippen LogP) is 3.67. The Bertz CT molecular complexity index is 296. The van der Waals surface area contributed by atoms with E-state index in [1.807, 2.05) is 0 Å². The molecule has 1 heterocycles. The molecule has 0 radical (unpaired) electrons. The van der Waals surface area contributed by atoms with Crippen molar-refractivity contribution in [1.82, 2.24) is 10.2 Å². The molecule has 2 fully saturated rings. The summed E-state index contributed by atoms with van der Waals surface area (Å²) in [5.74, 6) is 1.81. The lowest BCUT2D eigenvalue weighted by Gasteiger charge is -2.53. The maximum atomic E-state index is 3.85. The Balaban J connectivity index is 2.11. The molecule has 2 nitrogen and oxygen atoms in total. The van der Waals surface area contributed by atoms with Crippen LogP contribution in [0, 0.1) is 11.8 Å². The van der Waals surface area contributed by atoms with Crippen LogP contribution in [-0.4, -0.2) is 35.6 Å². The van der Waals surface area contributed by atoms with E-state index in [-0.39, 0.29) is 0 Å². The molecular weight excluding hydrogens is 232 g/mol. The number of nitrogens with one attached hydrogen (secondary N) is 1. The first-order valence-corrected chi connectivity index (χ1v) is 8.47. The van der Waals surface area contributed by atoms with Crippen molar-refractivity contribution in [2.75, 3.05) is 19.6 Å². The molecule has 0 aromatic carbocycles. The third-order valence-electron chi connectivity index (χ3n) is 6.01. The van der Waals surface area contributed by atoms with Gasteiger partial charge in [-0.2, -0.15) is 0 Å². The van der Waals surface area contributed by atoms with Gasteiger partial charge in [-0.05, 0) is 44.9 Å². The second-order valence-electron chi connectivity index (χ2n) is 7.46. The molecule has 2 unspecified atom stereocenters. The van der Waals surface area contributed by atoms with Crippen LogP contribution in [0.5, 0.6) is 0 Å². The minimum Gasteiger partial charge on any atom is -0.308 e. The summed E-state index contributed by atoms with van der Waals surface area (Å²) in [4.78, 5) is 2.85. The highest BCUT2D eigenvalue weighted by Crippen LogP contribution is 2.45. The number of rotatable bonds is 6. The molecule has 0 spiro atoms. The number of nitrogens with zero attached hydrogens (tertiary/aromatic N) is 1. The van der Waals surface area contributed by atoms with Crippen LogP contribution in [0.1, 0.15) is 66.7 Å². The lowest BCUT2D eigenvalue weighted by Crippen LogP contribution is -2.69. The molecule has 1 saturated carbocycles. The molecule has 1 N–H and O–H groups in total. The van der Waals surface area contributed by atoms with Gasteiger partial charge < -0.3 is 5.32 Å². The molecule has 2 rings (SSSR count). The molecule has 1 aliphatic carbocycles. The molecule has 2 atom stereocenters. The van der Waals surface area contributed by atoms with E-state index in [4.69, 9.17) is 0 Å². The number of hydrogen-bond donors (Lipinski definition) is 1. The first kappa shape index (κ1) is 15.3. The first-order valence-electron chi connectivity index (χ1n) is 8.47. The first-order chi connectivity index (χ1) is 8.97. The van der Waals surface area contributed by atoms with Crippen LogP contribution in [0.4, 0.5) is 0 Å². The fourth-order valence-corrected chi connectivity index (χ4v) is 3.64. The normalized spacial score (nSPS) is 36.9. The van der Waals surface area contributed by atoms with Crippen molar-refractivity contribution >= 4 is 0 Å². The highest BCUT2D eigenvalue weighted by molar-refractivity contribution is 5.08. The summed E-state index contributed by atoms with van der Waals surface area (Å²) in [5.41, 5.74) is 0.734. The maximum absolute atomic E-state index is 3.85. The average Bonchev–Trinajstić information content (AvgIpc) is 3.25. The molecule has 1 aliphatic heterocycles. The quantitative estimate of drug-likeness (QED) is 0.789. The van der Waals surface area contributed by atoms with Crippen LogP contribution >= 0.6 is 0 Å². The van der Waals surface area contributed by atoms with Gasteiger partial charge in [0.05, 0.1) is 0 Å². The Labute approximate surface area is 120 Å². The summed E-state index contributed by atoms with van der Waals surface area (Å²) in [6.45, 7) is 15.6. The van der Waals surface area contributed by atoms with Gasteiger partial charge in [-0.1, -0.05) is 33.6 Å². The van der Waals surface area contributed by atoms with Gasteiger partial charge in [0.1, 0.15) is 0 Å². The standard InChI is InChI=1S/C17H34N2/c1-6-14(7-2)11-19-13-16(4,8-3)18-12-17(19,5)15-9-10-15/h14-15,18H,6-13H2,1-5H3. The average molecular weight is 266 g/mol. The summed E-state index contributed by atoms with van der Waals surface area (Å²) >= 11 is 0. The van der Waals surface area contributed by atoms with Gasteiger partial charge in [-0.3, -0.25) is 4.90 Å². The molecule has 112 valence electrons. The molecular formula is C17H34N2. The van der Waals surface area contributed by atoms with Gasteiger partial charge in [0, 0.05) is 30.7 Å². The van der Waals surface area contributed by atoms with E-state index in [0.717, 1.165) is 11.8 Å². The minimum atomic E-state index is 0.320. The van der Waals surface area contributed by atoms with Crippen LogP contribution in [0.25, 0.3) is 0 Å². The van der Waals surface area contributed by atoms with Gasteiger partial charge in [-0.25, -0.2) is 0 Å². The van der Waals surface area contributed by atoms with Gasteiger partial charge >= 0.3 is 0 Å². The van der Waals surface area contributed by atoms with Crippen molar-refractivity contribution in [2.24, 2.45) is 11.8 Å². The number of piperazine rings is 1. The molecule has 1 saturated heterocycles. The SMILES string of the molecule is CCC(CC)CN1CC(C)(CC)NCC1(C)C1CC1. The summed E-state index contributed by atoms with van der Waals surface area (Å²) in [5, 5.41) is 3.85. The Morgan fingerprint density at radius 1 is 1.16 bits per heavy atom. The zero-order chi connectivity index (χ0) is 14.1. The van der Waals surface area contributed by atoms with Crippen LogP contribution < -0.4 is 5.32 Å². The maximum Gasteiger partial charge on any atom is 0.0335 e. The highest BCUT2D eigenvalue weighted by atomic mass is 15.3. The van der Waals surface area contributed by atoms with Crippen molar-refractivity contribution in [3.8, 4) is 0 Å². The van der Waals surface area contributed by atoms with Gasteiger partial charge in [-0.15, -0.1) is 0 Å². The van der Waals surface area contributed by atoms with E-state index in [1.54, 1.807) is 0 Å². The predicted molar refractivity (Wildman–Crippen MR) is 83.5 cm³/mol. The van der Waals surface area contributed by atoms with Crippen LogP contribution in [-0.2, 0) is 0 Å². The second-order valence-corrected chi connectivity index (χ2v) is 7.46. The lowest BCUT2D eigenvalue weighted by molar-refractivity contribution is -0.00654. The minimum absolute atomic E-state index is 0.320. The largest absolute Gasteiger partial charge is 0.308 e. The van der Waals surface area contributed by atoms with E-state index in [2.05, 4.69) is 44.8 Å². The van der Waals surface area contributed by atoms with E-state index in [9.17, 15) is 0 Å². The smallest absolute Gasteiger partial charge is 0.0335 e. The summed E-state index contributed by atoms with van der Waals surface area (Å²) in [6, 6.07) is 0. The van der Waals surface area contributed by atoms with Crippen molar-refractivity contribution < 1.29 is 0 Å². The fraction of sp³-hybridized carbons (Fsp3) is 1.00. The third kappa shape index (κ3) is 3.16. The van der Waals surface area contributed by atoms with Crippen molar-refractivity contribution in [1.29, 1.82) is 0 Å². The van der Waals surface area contributed by atoms with E-state index >= 15 is 0 Å². The van der Waals surface area contributed by atoms with Crippen LogP contribution in [0.3, 0.4) is 0 Å². The summed E-state index contributed by atoms with van der Waals surface area (Å²) < 4.78 is 0. The van der Waals surface area contributed by atoms with Crippen molar-refractivity contribution in [2.45, 2.75) is 77.8 Å². The highest BCUT2D eigenvalue weighted by Gasteiger charge is 2.50. The van der Waals surface area contributed by atoms with Crippen LogP contribution in [0.15, 0.2) is 0 Å². The molecule has 0 amide bonds. The fourth-order valence-electron chi connectivity index (χ4n) is 3.64. The third-order valence-corrected chi connectivity index (χ3v) is 6.01. The van der Waals surface area contributed by atoms with Gasteiger partial charge in [0.25, 0.3) is 0 Å². The van der Waals surface area contributed by atoms with Crippen LogP contribution in [0.2, 0.25) is 0 Å². The zero-order valence-electron chi connectivity index (χ0n) is 13.8. The monoisotopic (exact) mass is 266 g/mol. The van der Waals surface area contributed by atoms with E-state index in [1.165, 1.54) is 51.7 Å². The molecule has 0 aromatic heterocycles. The molecule has 19 heavy (non-hydrogen) atoms. The molecule has 0 aromatic rings. The second kappa shape index (κ2) is 5.73. The molecule has 2 heteroatoms. The topological polar surface area (TPSA) is 15.3 Å². The zero-order valence-corrected chi connectivity index (χ0v) is 13.8. The molecule has 2 aliphatic rings. The van der Waals surface area contributed by atoms with Gasteiger partial charge in [0.2, 0.25) is 0 Å². The molecule has 0 bridgehead atoms. The van der Waals surface area contributed by atoms with Gasteiger partial charge in [0.15, 0.2) is 0 Å². The Morgan fingerprint density at radius 3 is 2.26 bits per heavy atom. The van der Waals surface area contributed by atoms with E-state index < -0.39 is 0 Å². The van der Waals surface area contributed by atoms with E-state index in [0.29, 0.717) is 11.1 Å². The lowest BCUT2D eigenvalue weighted by atomic mass is 9.83. The Morgan fingerprint density at radius 2 is 1.79 bits per heavy atom. The van der Waals surface area contributed by atoms with Crippen molar-refractivity contribution in [3.05, 3.63) is 0 Å². The Kier molecular flexibility index (Phi) is 4.62. The van der Waals surface area contributed by atoms with Crippen molar-refractivity contribution in [3.63, 3.8) is 0 Å². The number of hydrogen-bond acceptors (Lipinski definition) is 2. The Hall–Kier alpha value is -0.0800.